The van der Waals surface area contributed by atoms with Gasteiger partial charge in [0.05, 0.1) is 6.61 Å². The Labute approximate surface area is 129 Å². The molecule has 0 saturated carbocycles. The summed E-state index contributed by atoms with van der Waals surface area (Å²) >= 11 is 0. The normalized spacial score (nSPS) is 32.1. The van der Waals surface area contributed by atoms with E-state index in [9.17, 15) is 15.3 Å². The Balaban J connectivity index is 1.69. The Morgan fingerprint density at radius 2 is 1.68 bits per heavy atom. The van der Waals surface area contributed by atoms with Gasteiger partial charge in [0.1, 0.15) is 24.4 Å². The molecule has 1 fully saturated rings. The minimum atomic E-state index is -1.39. The molecule has 4 N–H and O–H groups in total. The van der Waals surface area contributed by atoms with E-state index in [-0.39, 0.29) is 0 Å². The lowest BCUT2D eigenvalue weighted by Gasteiger charge is -2.39. The fourth-order valence-electron chi connectivity index (χ4n) is 2.48. The third-order valence-electron chi connectivity index (χ3n) is 3.83. The molecule has 22 heavy (non-hydrogen) atoms. The van der Waals surface area contributed by atoms with Crippen LogP contribution in [0.25, 0.3) is 0 Å². The van der Waals surface area contributed by atoms with E-state index in [4.69, 9.17) is 14.6 Å². The van der Waals surface area contributed by atoms with Crippen molar-refractivity contribution in [3.8, 4) is 0 Å². The highest BCUT2D eigenvalue weighted by molar-refractivity contribution is 5.14. The first-order valence-electron chi connectivity index (χ1n) is 7.59. The van der Waals surface area contributed by atoms with Crippen LogP contribution in [0.1, 0.15) is 18.4 Å². The van der Waals surface area contributed by atoms with Crippen molar-refractivity contribution in [1.82, 2.24) is 0 Å². The highest BCUT2D eigenvalue weighted by Gasteiger charge is 2.43. The zero-order valence-electron chi connectivity index (χ0n) is 12.4. The predicted octanol–water partition coefficient (Wildman–Crippen LogP) is -0.174. The first kappa shape index (κ1) is 17.3. The van der Waals surface area contributed by atoms with E-state index in [0.717, 1.165) is 19.3 Å². The van der Waals surface area contributed by atoms with Crippen molar-refractivity contribution < 1.29 is 29.9 Å². The van der Waals surface area contributed by atoms with Gasteiger partial charge in [0, 0.05) is 6.61 Å². The van der Waals surface area contributed by atoms with E-state index in [2.05, 4.69) is 12.1 Å². The second-order valence-corrected chi connectivity index (χ2v) is 5.51. The molecule has 1 aromatic rings. The molecule has 0 bridgehead atoms. The van der Waals surface area contributed by atoms with Crippen LogP contribution in [0, 0.1) is 0 Å². The van der Waals surface area contributed by atoms with Crippen LogP contribution in [-0.2, 0) is 15.9 Å². The van der Waals surface area contributed by atoms with Crippen LogP contribution >= 0.6 is 0 Å². The lowest BCUT2D eigenvalue weighted by Crippen LogP contribution is -2.59. The number of unbranched alkanes of at least 4 members (excludes halogenated alkanes) is 1. The van der Waals surface area contributed by atoms with E-state index >= 15 is 0 Å². The molecule has 6 heteroatoms. The molecule has 124 valence electrons. The number of aliphatic hydroxyl groups is 4. The molecule has 0 aromatic heterocycles. The molecule has 0 amide bonds. The van der Waals surface area contributed by atoms with Crippen LogP contribution in [0.3, 0.4) is 0 Å². The number of hydrogen-bond acceptors (Lipinski definition) is 6. The fourth-order valence-corrected chi connectivity index (χ4v) is 2.48. The molecule has 1 aliphatic heterocycles. The number of rotatable bonds is 7. The van der Waals surface area contributed by atoms with E-state index in [1.165, 1.54) is 5.56 Å². The average molecular weight is 312 g/mol. The summed E-state index contributed by atoms with van der Waals surface area (Å²) in [7, 11) is 0. The van der Waals surface area contributed by atoms with Gasteiger partial charge in [-0.15, -0.1) is 0 Å². The predicted molar refractivity (Wildman–Crippen MR) is 79.1 cm³/mol. The zero-order valence-corrected chi connectivity index (χ0v) is 12.4. The number of benzene rings is 1. The maximum Gasteiger partial charge on any atom is 0.186 e. The Morgan fingerprint density at radius 1 is 0.955 bits per heavy atom. The number of ether oxygens (including phenoxy) is 2. The Morgan fingerprint density at radius 3 is 2.36 bits per heavy atom. The molecule has 1 aliphatic rings. The number of aryl methyl sites for hydroxylation is 1. The van der Waals surface area contributed by atoms with Crippen LogP contribution in [0.5, 0.6) is 0 Å². The van der Waals surface area contributed by atoms with E-state index in [1.54, 1.807) is 0 Å². The molecule has 6 nitrogen and oxygen atoms in total. The fraction of sp³-hybridized carbons (Fsp3) is 0.625. The average Bonchev–Trinajstić information content (AvgIpc) is 2.55. The van der Waals surface area contributed by atoms with Gasteiger partial charge in [-0.25, -0.2) is 0 Å². The molecule has 0 radical (unpaired) electrons. The quantitative estimate of drug-likeness (QED) is 0.522. The SMILES string of the molecule is OC[C@H]1O[C@@H](OCCCCc2ccccc2)[C@H](O)[C@@H](O)[C@H]1O. The first-order valence-corrected chi connectivity index (χ1v) is 7.59. The lowest BCUT2D eigenvalue weighted by atomic mass is 9.99. The summed E-state index contributed by atoms with van der Waals surface area (Å²) in [5.41, 5.74) is 1.26. The van der Waals surface area contributed by atoms with Gasteiger partial charge in [-0.2, -0.15) is 0 Å². The molecule has 0 aliphatic carbocycles. The summed E-state index contributed by atoms with van der Waals surface area (Å²) in [4.78, 5) is 0. The first-order chi connectivity index (χ1) is 10.6. The van der Waals surface area contributed by atoms with Gasteiger partial charge in [0.25, 0.3) is 0 Å². The summed E-state index contributed by atoms with van der Waals surface area (Å²) in [5, 5.41) is 38.2. The van der Waals surface area contributed by atoms with Crippen molar-refractivity contribution in [2.75, 3.05) is 13.2 Å². The summed E-state index contributed by atoms with van der Waals surface area (Å²) in [6.45, 7) is -0.0751. The van der Waals surface area contributed by atoms with Crippen molar-refractivity contribution in [1.29, 1.82) is 0 Å². The zero-order chi connectivity index (χ0) is 15.9. The largest absolute Gasteiger partial charge is 0.394 e. The highest BCUT2D eigenvalue weighted by Crippen LogP contribution is 2.22. The molecule has 1 aromatic carbocycles. The lowest BCUT2D eigenvalue weighted by molar-refractivity contribution is -0.301. The van der Waals surface area contributed by atoms with Crippen LogP contribution < -0.4 is 0 Å². The minimum absolute atomic E-state index is 0.371. The molecule has 1 heterocycles. The van der Waals surface area contributed by atoms with Gasteiger partial charge in [-0.1, -0.05) is 30.3 Å². The van der Waals surface area contributed by atoms with Crippen molar-refractivity contribution in [2.45, 2.75) is 50.0 Å². The second-order valence-electron chi connectivity index (χ2n) is 5.51. The number of aliphatic hydroxyl groups excluding tert-OH is 4. The summed E-state index contributed by atoms with van der Waals surface area (Å²) in [6, 6.07) is 10.1. The Hall–Kier alpha value is -1.02. The van der Waals surface area contributed by atoms with Gasteiger partial charge < -0.3 is 29.9 Å². The highest BCUT2D eigenvalue weighted by atomic mass is 16.7. The molecule has 0 spiro atoms. The van der Waals surface area contributed by atoms with Gasteiger partial charge >= 0.3 is 0 Å². The standard InChI is InChI=1S/C16H24O6/c17-10-12-13(18)14(19)15(20)16(22-12)21-9-5-4-8-11-6-2-1-3-7-11/h1-3,6-7,12-20H,4-5,8-10H2/t12-,13+,14+,15-,16-/m1/s1. The Kier molecular flexibility index (Phi) is 6.75. The molecule has 5 atom stereocenters. The third-order valence-corrected chi connectivity index (χ3v) is 3.83. The van der Waals surface area contributed by atoms with Crippen molar-refractivity contribution in [3.05, 3.63) is 35.9 Å². The topological polar surface area (TPSA) is 99.4 Å². The second kappa shape index (κ2) is 8.57. The van der Waals surface area contributed by atoms with E-state index < -0.39 is 37.3 Å². The Bertz CT molecular complexity index is 424. The van der Waals surface area contributed by atoms with Gasteiger partial charge in [0.15, 0.2) is 6.29 Å². The third kappa shape index (κ3) is 4.49. The molecular weight excluding hydrogens is 288 g/mol. The summed E-state index contributed by atoms with van der Waals surface area (Å²) < 4.78 is 10.7. The summed E-state index contributed by atoms with van der Waals surface area (Å²) in [5.74, 6) is 0. The van der Waals surface area contributed by atoms with Gasteiger partial charge in [-0.05, 0) is 24.8 Å². The monoisotopic (exact) mass is 312 g/mol. The molecule has 2 rings (SSSR count). The van der Waals surface area contributed by atoms with Crippen LogP contribution in [0.2, 0.25) is 0 Å². The van der Waals surface area contributed by atoms with Crippen molar-refractivity contribution in [2.24, 2.45) is 0 Å². The molecular formula is C16H24O6. The maximum atomic E-state index is 9.81. The van der Waals surface area contributed by atoms with E-state index in [0.29, 0.717) is 6.61 Å². The smallest absolute Gasteiger partial charge is 0.186 e. The van der Waals surface area contributed by atoms with E-state index in [1.807, 2.05) is 18.2 Å². The van der Waals surface area contributed by atoms with Crippen LogP contribution in [-0.4, -0.2) is 64.3 Å². The van der Waals surface area contributed by atoms with Crippen LogP contribution in [0.15, 0.2) is 30.3 Å². The minimum Gasteiger partial charge on any atom is -0.394 e. The molecule has 0 unspecified atom stereocenters. The van der Waals surface area contributed by atoms with Crippen molar-refractivity contribution in [3.63, 3.8) is 0 Å². The van der Waals surface area contributed by atoms with Gasteiger partial charge in [-0.3, -0.25) is 0 Å². The van der Waals surface area contributed by atoms with Crippen molar-refractivity contribution >= 4 is 0 Å². The summed E-state index contributed by atoms with van der Waals surface area (Å²) in [6.07, 6.45) is -3.37. The number of hydrogen-bond donors (Lipinski definition) is 4. The molecule has 1 saturated heterocycles. The maximum absolute atomic E-state index is 9.81. The van der Waals surface area contributed by atoms with Crippen LogP contribution in [0.4, 0.5) is 0 Å². The van der Waals surface area contributed by atoms with Gasteiger partial charge in [0.2, 0.25) is 0 Å².